The average molecular weight is 362 g/mol. The molecule has 0 radical (unpaired) electrons. The number of nitrogens with one attached hydrogen (secondary N) is 1. The molecule has 0 bridgehead atoms. The molecule has 1 aromatic rings. The first-order valence-corrected chi connectivity index (χ1v) is 8.88. The number of anilines is 1. The fourth-order valence-corrected chi connectivity index (χ4v) is 3.25. The molecule has 1 N–H and O–H groups in total. The van der Waals surface area contributed by atoms with E-state index < -0.39 is 10.0 Å². The quantitative estimate of drug-likeness (QED) is 0.826. The highest BCUT2D eigenvalue weighted by atomic mass is 79.9. The van der Waals surface area contributed by atoms with Gasteiger partial charge < -0.3 is 5.32 Å². The Balaban J connectivity index is 1.90. The second-order valence-corrected chi connectivity index (χ2v) is 7.59. The number of halogens is 1. The lowest BCUT2D eigenvalue weighted by atomic mass is 9.97. The van der Waals surface area contributed by atoms with Gasteiger partial charge in [-0.05, 0) is 40.9 Å². The van der Waals surface area contributed by atoms with Crippen molar-refractivity contribution in [3.8, 4) is 0 Å². The molecule has 0 atom stereocenters. The van der Waals surface area contributed by atoms with Gasteiger partial charge in [-0.2, -0.15) is 0 Å². The van der Waals surface area contributed by atoms with Gasteiger partial charge in [-0.25, -0.2) is 17.7 Å². The summed E-state index contributed by atoms with van der Waals surface area (Å²) in [6.07, 6.45) is 3.86. The summed E-state index contributed by atoms with van der Waals surface area (Å²) in [5.41, 5.74) is 0.642. The number of pyridine rings is 1. The van der Waals surface area contributed by atoms with Crippen LogP contribution in [0.5, 0.6) is 0 Å². The maximum absolute atomic E-state index is 12.1. The summed E-state index contributed by atoms with van der Waals surface area (Å²) in [7, 11) is -3.15. The lowest BCUT2D eigenvalue weighted by Gasteiger charge is -2.29. The van der Waals surface area contributed by atoms with E-state index >= 15 is 0 Å². The Bertz CT molecular complexity index is 580. The molecule has 8 heteroatoms. The van der Waals surface area contributed by atoms with Gasteiger partial charge >= 0.3 is 0 Å². The summed E-state index contributed by atoms with van der Waals surface area (Å²) in [5, 5.41) is 2.80. The van der Waals surface area contributed by atoms with Crippen LogP contribution in [0.15, 0.2) is 22.9 Å². The normalized spacial score (nSPS) is 17.9. The minimum atomic E-state index is -3.15. The molecule has 20 heavy (non-hydrogen) atoms. The molecular formula is C12H16BrN3O3S. The summed E-state index contributed by atoms with van der Waals surface area (Å²) >= 11 is 3.23. The molecule has 1 amide bonds. The number of rotatable bonds is 3. The number of aromatic nitrogens is 1. The lowest BCUT2D eigenvalue weighted by Crippen LogP contribution is -2.40. The molecule has 0 saturated carbocycles. The van der Waals surface area contributed by atoms with E-state index in [1.54, 1.807) is 18.3 Å². The van der Waals surface area contributed by atoms with E-state index in [0.29, 0.717) is 36.2 Å². The molecule has 0 unspecified atom stereocenters. The molecule has 110 valence electrons. The average Bonchev–Trinajstić information content (AvgIpc) is 2.40. The summed E-state index contributed by atoms with van der Waals surface area (Å²) in [6, 6.07) is 3.52. The summed E-state index contributed by atoms with van der Waals surface area (Å²) in [6.45, 7) is 0.797. The van der Waals surface area contributed by atoms with Crippen LogP contribution in [0.3, 0.4) is 0 Å². The van der Waals surface area contributed by atoms with E-state index in [0.717, 1.165) is 0 Å². The molecule has 0 spiro atoms. The van der Waals surface area contributed by atoms with Gasteiger partial charge in [0, 0.05) is 19.0 Å². The minimum Gasteiger partial charge on any atom is -0.324 e. The third-order valence-corrected chi connectivity index (χ3v) is 5.06. The minimum absolute atomic E-state index is 0.0812. The highest BCUT2D eigenvalue weighted by Gasteiger charge is 2.28. The van der Waals surface area contributed by atoms with Crippen molar-refractivity contribution in [3.05, 3.63) is 22.9 Å². The molecular weight excluding hydrogens is 346 g/mol. The van der Waals surface area contributed by atoms with Gasteiger partial charge in [0.2, 0.25) is 15.9 Å². The molecule has 6 nitrogen and oxygen atoms in total. The molecule has 0 aliphatic carbocycles. The maximum atomic E-state index is 12.1. The number of amides is 1. The molecule has 1 saturated heterocycles. The number of carbonyl (C=O) groups is 1. The number of hydrogen-bond donors (Lipinski definition) is 1. The van der Waals surface area contributed by atoms with Crippen molar-refractivity contribution in [1.82, 2.24) is 9.29 Å². The van der Waals surface area contributed by atoms with Crippen LogP contribution in [0.1, 0.15) is 12.8 Å². The standard InChI is InChI=1S/C12H16BrN3O3S/c1-20(18,19)16-6-4-9(5-7-16)12(17)15-10-2-3-11(13)14-8-10/h2-3,8-9H,4-7H2,1H3,(H,15,17). The summed E-state index contributed by atoms with van der Waals surface area (Å²) in [4.78, 5) is 16.1. The first kappa shape index (κ1) is 15.4. The highest BCUT2D eigenvalue weighted by molar-refractivity contribution is 9.10. The molecule has 2 rings (SSSR count). The van der Waals surface area contributed by atoms with Crippen LogP contribution in [-0.2, 0) is 14.8 Å². The third-order valence-electron chi connectivity index (χ3n) is 3.29. The maximum Gasteiger partial charge on any atom is 0.227 e. The van der Waals surface area contributed by atoms with Crippen LogP contribution in [0.2, 0.25) is 0 Å². The van der Waals surface area contributed by atoms with Crippen LogP contribution in [0.4, 0.5) is 5.69 Å². The van der Waals surface area contributed by atoms with Gasteiger partial charge in [-0.3, -0.25) is 4.79 Å². The molecule has 1 aliphatic rings. The fraction of sp³-hybridized carbons (Fsp3) is 0.500. The largest absolute Gasteiger partial charge is 0.324 e. The Labute approximate surface area is 126 Å². The van der Waals surface area contributed by atoms with Crippen molar-refractivity contribution in [2.24, 2.45) is 5.92 Å². The molecule has 2 heterocycles. The van der Waals surface area contributed by atoms with Gasteiger partial charge in [0.15, 0.2) is 0 Å². The Morgan fingerprint density at radius 3 is 2.55 bits per heavy atom. The van der Waals surface area contributed by atoms with E-state index in [2.05, 4.69) is 26.2 Å². The van der Waals surface area contributed by atoms with Crippen molar-refractivity contribution in [2.45, 2.75) is 12.8 Å². The predicted molar refractivity (Wildman–Crippen MR) is 79.7 cm³/mol. The third kappa shape index (κ3) is 4.00. The van der Waals surface area contributed by atoms with E-state index in [1.165, 1.54) is 10.6 Å². The molecule has 0 aromatic carbocycles. The van der Waals surface area contributed by atoms with Crippen LogP contribution >= 0.6 is 15.9 Å². The van der Waals surface area contributed by atoms with Gasteiger partial charge in [-0.1, -0.05) is 0 Å². The Kier molecular flexibility index (Phi) is 4.77. The predicted octanol–water partition coefficient (Wildman–Crippen LogP) is 1.45. The highest BCUT2D eigenvalue weighted by Crippen LogP contribution is 2.21. The number of nitrogens with zero attached hydrogens (tertiary/aromatic N) is 2. The molecule has 1 aliphatic heterocycles. The van der Waals surface area contributed by atoms with Crippen molar-refractivity contribution in [3.63, 3.8) is 0 Å². The zero-order valence-electron chi connectivity index (χ0n) is 11.0. The monoisotopic (exact) mass is 361 g/mol. The topological polar surface area (TPSA) is 79.4 Å². The van der Waals surface area contributed by atoms with Gasteiger partial charge in [0.25, 0.3) is 0 Å². The van der Waals surface area contributed by atoms with Crippen molar-refractivity contribution in [2.75, 3.05) is 24.7 Å². The zero-order chi connectivity index (χ0) is 14.8. The lowest BCUT2D eigenvalue weighted by molar-refractivity contribution is -0.120. The summed E-state index contributed by atoms with van der Waals surface area (Å²) in [5.74, 6) is -0.237. The van der Waals surface area contributed by atoms with Gasteiger partial charge in [0.05, 0.1) is 18.1 Å². The second-order valence-electron chi connectivity index (χ2n) is 4.80. The van der Waals surface area contributed by atoms with E-state index in [-0.39, 0.29) is 11.8 Å². The SMILES string of the molecule is CS(=O)(=O)N1CCC(C(=O)Nc2ccc(Br)nc2)CC1. The molecule has 1 aromatic heterocycles. The smallest absolute Gasteiger partial charge is 0.227 e. The number of carbonyl (C=O) groups excluding carboxylic acids is 1. The van der Waals surface area contributed by atoms with E-state index in [4.69, 9.17) is 0 Å². The van der Waals surface area contributed by atoms with Crippen molar-refractivity contribution >= 4 is 37.5 Å². The second kappa shape index (κ2) is 6.19. The number of hydrogen-bond acceptors (Lipinski definition) is 4. The number of sulfonamides is 1. The van der Waals surface area contributed by atoms with Crippen LogP contribution in [-0.4, -0.2) is 43.0 Å². The van der Waals surface area contributed by atoms with Crippen LogP contribution in [0, 0.1) is 5.92 Å². The summed E-state index contributed by atoms with van der Waals surface area (Å²) < 4.78 is 24.9. The van der Waals surface area contributed by atoms with Gasteiger partial charge in [0.1, 0.15) is 4.60 Å². The number of piperidine rings is 1. The van der Waals surface area contributed by atoms with E-state index in [9.17, 15) is 13.2 Å². The zero-order valence-corrected chi connectivity index (χ0v) is 13.4. The van der Waals surface area contributed by atoms with Crippen LogP contribution < -0.4 is 5.32 Å². The Morgan fingerprint density at radius 2 is 2.05 bits per heavy atom. The van der Waals surface area contributed by atoms with E-state index in [1.807, 2.05) is 0 Å². The Morgan fingerprint density at radius 1 is 1.40 bits per heavy atom. The Hall–Kier alpha value is -0.990. The molecule has 1 fully saturated rings. The van der Waals surface area contributed by atoms with Crippen molar-refractivity contribution in [1.29, 1.82) is 0 Å². The first-order valence-electron chi connectivity index (χ1n) is 6.24. The van der Waals surface area contributed by atoms with Crippen LogP contribution in [0.25, 0.3) is 0 Å². The fourth-order valence-electron chi connectivity index (χ4n) is 2.14. The van der Waals surface area contributed by atoms with Gasteiger partial charge in [-0.15, -0.1) is 0 Å². The first-order chi connectivity index (χ1) is 9.36. The van der Waals surface area contributed by atoms with Crippen molar-refractivity contribution < 1.29 is 13.2 Å².